The number of nitrogens with zero attached hydrogens (tertiary/aromatic N) is 6. The molecule has 0 aliphatic carbocycles. The first-order valence-electron chi connectivity index (χ1n) is 21.4. The summed E-state index contributed by atoms with van der Waals surface area (Å²) in [5, 5.41) is 2.44. The van der Waals surface area contributed by atoms with Crippen molar-refractivity contribution in [2.75, 3.05) is 57.4 Å². The molecule has 12 rings (SSSR count). The van der Waals surface area contributed by atoms with E-state index < -0.39 is 23.3 Å². The van der Waals surface area contributed by atoms with Gasteiger partial charge in [-0.25, -0.2) is 27.2 Å². The van der Waals surface area contributed by atoms with Gasteiger partial charge < -0.3 is 9.80 Å². The maximum Gasteiger partial charge on any atom is 0.350 e. The number of aryl methyl sites for hydroxylation is 2. The molecule has 4 atom stereocenters. The highest BCUT2D eigenvalue weighted by Gasteiger charge is 2.40. The molecule has 4 fully saturated rings. The maximum absolute atomic E-state index is 14.7. The highest BCUT2D eigenvalue weighted by atomic mass is 35.5. The van der Waals surface area contributed by atoms with Gasteiger partial charge in [0.1, 0.15) is 34.9 Å². The lowest BCUT2D eigenvalue weighted by Crippen LogP contribution is -2.46. The fourth-order valence-electron chi connectivity index (χ4n) is 10.5. The standard InChI is InChI=1S/2C23H20ClF2N3OS2/c2*24-16-9-15-20-21(19(16)14-4-3-13(25)8-17(14)26)32-7-6-29(20)23(30)27-22(15)28-5-1-2-12-10-31-11-18(12)28/h2*3-4,8-9,12,18H,1-2,5-7,10-11H2/t2*12-,18+/m10/s1. The Labute approximate surface area is 392 Å². The van der Waals surface area contributed by atoms with Crippen molar-refractivity contribution in [3.8, 4) is 22.3 Å². The minimum absolute atomic E-state index is 0.241. The summed E-state index contributed by atoms with van der Waals surface area (Å²) in [5.74, 6) is 5.66. The molecule has 332 valence electrons. The molecule has 6 aliphatic heterocycles. The number of piperidine rings is 2. The van der Waals surface area contributed by atoms with Gasteiger partial charge in [-0.05, 0) is 85.4 Å². The van der Waals surface area contributed by atoms with Crippen LogP contribution in [0.5, 0.6) is 0 Å². The normalized spacial score (nSPS) is 22.4. The fraction of sp³-hybridized carbons (Fsp3) is 0.391. The summed E-state index contributed by atoms with van der Waals surface area (Å²) in [6, 6.07) is 11.4. The van der Waals surface area contributed by atoms with Crippen molar-refractivity contribution in [1.82, 2.24) is 19.1 Å². The summed E-state index contributed by atoms with van der Waals surface area (Å²) in [7, 11) is 0. The van der Waals surface area contributed by atoms with Gasteiger partial charge in [0, 0.05) is 116 Å². The molecule has 18 heteroatoms. The average Bonchev–Trinajstić information content (AvgIpc) is 3.98. The predicted molar refractivity (Wildman–Crippen MR) is 257 cm³/mol. The third-order valence-electron chi connectivity index (χ3n) is 13.4. The monoisotopic (exact) mass is 982 g/mol. The lowest BCUT2D eigenvalue weighted by Gasteiger charge is -2.39. The minimum Gasteiger partial charge on any atom is -0.352 e. The van der Waals surface area contributed by atoms with Crippen molar-refractivity contribution < 1.29 is 17.6 Å². The van der Waals surface area contributed by atoms with E-state index in [4.69, 9.17) is 23.2 Å². The first-order chi connectivity index (χ1) is 31.0. The van der Waals surface area contributed by atoms with Gasteiger partial charge in [-0.15, -0.1) is 23.5 Å². The Balaban J connectivity index is 0.000000143. The summed E-state index contributed by atoms with van der Waals surface area (Å²) >= 11 is 20.6. The van der Waals surface area contributed by atoms with E-state index in [0.717, 1.165) is 92.7 Å². The van der Waals surface area contributed by atoms with Gasteiger partial charge in [-0.2, -0.15) is 33.5 Å². The molecule has 2 aromatic heterocycles. The molecular formula is C46H40Cl2F4N6O2S4. The molecule has 0 amide bonds. The molecule has 0 spiro atoms. The van der Waals surface area contributed by atoms with E-state index in [2.05, 4.69) is 19.8 Å². The van der Waals surface area contributed by atoms with Crippen LogP contribution < -0.4 is 21.2 Å². The molecule has 8 nitrogen and oxygen atoms in total. The Morgan fingerprint density at radius 3 is 1.44 bits per heavy atom. The molecule has 0 saturated carbocycles. The summed E-state index contributed by atoms with van der Waals surface area (Å²) in [4.78, 5) is 41.4. The van der Waals surface area contributed by atoms with E-state index in [1.807, 2.05) is 35.7 Å². The number of rotatable bonds is 4. The summed E-state index contributed by atoms with van der Waals surface area (Å²) in [6.45, 7) is 2.80. The number of hydrogen-bond donors (Lipinski definition) is 0. The molecule has 0 bridgehead atoms. The third kappa shape index (κ3) is 7.31. The van der Waals surface area contributed by atoms with E-state index in [1.165, 1.54) is 37.1 Å². The molecule has 8 heterocycles. The second-order valence-electron chi connectivity index (χ2n) is 17.0. The third-order valence-corrected chi connectivity index (χ3v) is 18.7. The fourth-order valence-corrected chi connectivity index (χ4v) is 16.7. The van der Waals surface area contributed by atoms with Crippen LogP contribution in [0.3, 0.4) is 0 Å². The lowest BCUT2D eigenvalue weighted by molar-refractivity contribution is 0.384. The van der Waals surface area contributed by atoms with E-state index >= 15 is 0 Å². The minimum atomic E-state index is -0.668. The van der Waals surface area contributed by atoms with Crippen LogP contribution in [0.15, 0.2) is 67.9 Å². The Hall–Kier alpha value is -3.54. The molecule has 4 saturated heterocycles. The smallest absolute Gasteiger partial charge is 0.350 e. The zero-order chi connectivity index (χ0) is 44.0. The van der Waals surface area contributed by atoms with E-state index in [-0.39, 0.29) is 22.5 Å². The van der Waals surface area contributed by atoms with Gasteiger partial charge in [-0.3, -0.25) is 9.13 Å². The van der Waals surface area contributed by atoms with Crippen molar-refractivity contribution in [2.45, 2.75) is 60.6 Å². The van der Waals surface area contributed by atoms with Gasteiger partial charge in [0.15, 0.2) is 0 Å². The van der Waals surface area contributed by atoms with Gasteiger partial charge in [0.25, 0.3) is 0 Å². The number of hydrogen-bond acceptors (Lipinski definition) is 10. The predicted octanol–water partition coefficient (Wildman–Crippen LogP) is 10.9. The number of fused-ring (bicyclic) bond motifs is 2. The number of anilines is 2. The highest BCUT2D eigenvalue weighted by Crippen LogP contribution is 2.49. The van der Waals surface area contributed by atoms with Gasteiger partial charge in [0.2, 0.25) is 0 Å². The van der Waals surface area contributed by atoms with Crippen LogP contribution in [0.2, 0.25) is 10.0 Å². The van der Waals surface area contributed by atoms with Gasteiger partial charge in [0.05, 0.1) is 21.1 Å². The molecule has 0 unspecified atom stereocenters. The summed E-state index contributed by atoms with van der Waals surface area (Å²) < 4.78 is 60.0. The Kier molecular flexibility index (Phi) is 11.6. The topological polar surface area (TPSA) is 76.3 Å². The highest BCUT2D eigenvalue weighted by molar-refractivity contribution is 8.00. The Morgan fingerprint density at radius 1 is 0.578 bits per heavy atom. The SMILES string of the molecule is O=c1nc(N2CCC[C@@H]3CSC[C@@H]32)c2cc(Cl)c(-c3ccc(F)cc3F)c3c2n1CCS3.O=c1nc(N2CCC[C@H]3CSC[C@H]32)c2cc(Cl)c(-c3ccc(F)cc3F)c3c2n1CCS3. The molecular weight excluding hydrogens is 944 g/mol. The number of benzene rings is 4. The van der Waals surface area contributed by atoms with Crippen molar-refractivity contribution >= 4 is 104 Å². The Morgan fingerprint density at radius 2 is 1.02 bits per heavy atom. The molecule has 6 aromatic rings. The van der Waals surface area contributed by atoms with Crippen LogP contribution in [0, 0.1) is 35.1 Å². The van der Waals surface area contributed by atoms with Crippen molar-refractivity contribution in [3.05, 3.63) is 103 Å². The van der Waals surface area contributed by atoms with E-state index in [9.17, 15) is 27.2 Å². The molecule has 0 radical (unpaired) electrons. The van der Waals surface area contributed by atoms with Crippen molar-refractivity contribution in [2.24, 2.45) is 11.8 Å². The lowest BCUT2D eigenvalue weighted by atomic mass is 9.91. The zero-order valence-corrected chi connectivity index (χ0v) is 39.0. The first kappa shape index (κ1) is 43.1. The van der Waals surface area contributed by atoms with E-state index in [0.29, 0.717) is 81.3 Å². The van der Waals surface area contributed by atoms with Gasteiger partial charge in [-0.1, -0.05) is 23.2 Å². The first-order valence-corrected chi connectivity index (χ1v) is 26.5. The number of halogens is 6. The van der Waals surface area contributed by atoms with Crippen LogP contribution >= 0.6 is 70.2 Å². The second kappa shape index (κ2) is 17.3. The molecule has 6 aliphatic rings. The van der Waals surface area contributed by atoms with Gasteiger partial charge >= 0.3 is 11.4 Å². The molecule has 4 aromatic carbocycles. The summed E-state index contributed by atoms with van der Waals surface area (Å²) in [5.41, 5.74) is 2.46. The quantitative estimate of drug-likeness (QED) is 0.159. The number of aromatic nitrogens is 4. The van der Waals surface area contributed by atoms with E-state index in [1.54, 1.807) is 32.7 Å². The largest absolute Gasteiger partial charge is 0.352 e. The van der Waals surface area contributed by atoms with Crippen molar-refractivity contribution in [1.29, 1.82) is 0 Å². The average molecular weight is 984 g/mol. The maximum atomic E-state index is 14.7. The molecule has 64 heavy (non-hydrogen) atoms. The van der Waals surface area contributed by atoms with Crippen molar-refractivity contribution in [3.63, 3.8) is 0 Å². The summed E-state index contributed by atoms with van der Waals surface area (Å²) in [6.07, 6.45) is 4.56. The second-order valence-corrected chi connectivity index (χ2v) is 22.2. The van der Waals surface area contributed by atoms with Crippen LogP contribution in [0.1, 0.15) is 25.7 Å². The van der Waals surface area contributed by atoms with Crippen LogP contribution in [0.25, 0.3) is 44.1 Å². The Bertz CT molecular complexity index is 2830. The zero-order valence-electron chi connectivity index (χ0n) is 34.2. The van der Waals surface area contributed by atoms with Crippen LogP contribution in [-0.4, -0.2) is 78.8 Å². The van der Waals surface area contributed by atoms with Crippen LogP contribution in [0.4, 0.5) is 29.2 Å². The van der Waals surface area contributed by atoms with Crippen LogP contribution in [-0.2, 0) is 13.1 Å². The number of thioether (sulfide) groups is 4. The molecule has 0 N–H and O–H groups in total.